The summed E-state index contributed by atoms with van der Waals surface area (Å²) in [6.07, 6.45) is 0. The Balaban J connectivity index is 1.28. The first-order valence-electron chi connectivity index (χ1n) is 10.2. The maximum Gasteiger partial charge on any atom is 0.261 e. The standard InChI is InChI=1S/C24H18N6O3/c1-15-26-27-28-30(15)19-6-4-5-18(13-19)25-22(31)17-11-9-16(10-12-17)14-29-23(32)20-7-2-3-8-21(20)24(29)33/h2-13H,14H2,1H3,(H,25,31). The molecule has 1 N–H and O–H groups in total. The fourth-order valence-corrected chi connectivity index (χ4v) is 3.72. The molecule has 0 atom stereocenters. The number of nitrogens with zero attached hydrogens (tertiary/aromatic N) is 5. The van der Waals surface area contributed by atoms with Crippen molar-refractivity contribution in [3.05, 3.63) is 101 Å². The first-order chi connectivity index (χ1) is 16.0. The van der Waals surface area contributed by atoms with Gasteiger partial charge in [-0.3, -0.25) is 19.3 Å². The molecule has 1 aliphatic rings. The van der Waals surface area contributed by atoms with Gasteiger partial charge in [0.25, 0.3) is 17.7 Å². The molecule has 4 aromatic rings. The minimum Gasteiger partial charge on any atom is -0.322 e. The molecular formula is C24H18N6O3. The lowest BCUT2D eigenvalue weighted by Crippen LogP contribution is -2.29. The van der Waals surface area contributed by atoms with Gasteiger partial charge in [0, 0.05) is 11.3 Å². The van der Waals surface area contributed by atoms with E-state index >= 15 is 0 Å². The number of anilines is 1. The predicted molar refractivity (Wildman–Crippen MR) is 119 cm³/mol. The molecule has 162 valence electrons. The smallest absolute Gasteiger partial charge is 0.261 e. The van der Waals surface area contributed by atoms with Crippen LogP contribution in [0, 0.1) is 6.92 Å². The van der Waals surface area contributed by atoms with Gasteiger partial charge in [-0.25, -0.2) is 0 Å². The maximum atomic E-state index is 12.7. The summed E-state index contributed by atoms with van der Waals surface area (Å²) >= 11 is 0. The van der Waals surface area contributed by atoms with Crippen LogP contribution in [0.25, 0.3) is 5.69 Å². The number of carbonyl (C=O) groups is 3. The molecule has 1 aliphatic heterocycles. The molecular weight excluding hydrogens is 420 g/mol. The molecule has 5 rings (SSSR count). The van der Waals surface area contributed by atoms with E-state index in [0.717, 1.165) is 11.3 Å². The number of hydrogen-bond acceptors (Lipinski definition) is 6. The van der Waals surface area contributed by atoms with Crippen LogP contribution in [0.15, 0.2) is 72.8 Å². The van der Waals surface area contributed by atoms with Crippen LogP contribution in [-0.4, -0.2) is 42.8 Å². The minimum absolute atomic E-state index is 0.140. The Kier molecular flexibility index (Phi) is 4.98. The summed E-state index contributed by atoms with van der Waals surface area (Å²) in [7, 11) is 0. The normalized spacial score (nSPS) is 12.7. The number of benzene rings is 3. The number of hydrogen-bond donors (Lipinski definition) is 1. The fraction of sp³-hybridized carbons (Fsp3) is 0.0833. The number of aryl methyl sites for hydroxylation is 1. The molecule has 3 amide bonds. The second-order valence-corrected chi connectivity index (χ2v) is 7.58. The topological polar surface area (TPSA) is 110 Å². The molecule has 0 aliphatic carbocycles. The van der Waals surface area contributed by atoms with Gasteiger partial charge in [0.05, 0.1) is 23.4 Å². The number of amides is 3. The van der Waals surface area contributed by atoms with Crippen molar-refractivity contribution in [1.29, 1.82) is 0 Å². The van der Waals surface area contributed by atoms with Crippen LogP contribution in [0.2, 0.25) is 0 Å². The van der Waals surface area contributed by atoms with Crippen LogP contribution in [-0.2, 0) is 6.54 Å². The monoisotopic (exact) mass is 438 g/mol. The van der Waals surface area contributed by atoms with E-state index in [-0.39, 0.29) is 24.3 Å². The van der Waals surface area contributed by atoms with Crippen molar-refractivity contribution in [3.8, 4) is 5.69 Å². The van der Waals surface area contributed by atoms with Gasteiger partial charge in [-0.1, -0.05) is 30.3 Å². The highest BCUT2D eigenvalue weighted by atomic mass is 16.2. The highest BCUT2D eigenvalue weighted by molar-refractivity contribution is 6.21. The lowest BCUT2D eigenvalue weighted by atomic mass is 10.1. The van der Waals surface area contributed by atoms with Gasteiger partial charge in [-0.2, -0.15) is 4.68 Å². The summed E-state index contributed by atoms with van der Waals surface area (Å²) in [6, 6.07) is 20.8. The van der Waals surface area contributed by atoms with Crippen molar-refractivity contribution in [2.24, 2.45) is 0 Å². The van der Waals surface area contributed by atoms with Crippen LogP contribution in [0.5, 0.6) is 0 Å². The van der Waals surface area contributed by atoms with E-state index < -0.39 is 0 Å². The zero-order chi connectivity index (χ0) is 22.9. The van der Waals surface area contributed by atoms with Crippen LogP contribution in [0.1, 0.15) is 42.5 Å². The van der Waals surface area contributed by atoms with E-state index in [2.05, 4.69) is 20.8 Å². The molecule has 0 saturated carbocycles. The Morgan fingerprint density at radius 1 is 0.909 bits per heavy atom. The molecule has 9 nitrogen and oxygen atoms in total. The van der Waals surface area contributed by atoms with Crippen LogP contribution in [0.4, 0.5) is 5.69 Å². The molecule has 33 heavy (non-hydrogen) atoms. The Morgan fingerprint density at radius 3 is 2.24 bits per heavy atom. The number of aromatic nitrogens is 4. The molecule has 2 heterocycles. The number of rotatable bonds is 5. The lowest BCUT2D eigenvalue weighted by Gasteiger charge is -2.14. The zero-order valence-corrected chi connectivity index (χ0v) is 17.6. The number of tetrazole rings is 1. The van der Waals surface area contributed by atoms with E-state index in [1.165, 1.54) is 4.90 Å². The van der Waals surface area contributed by atoms with E-state index in [0.29, 0.717) is 28.2 Å². The molecule has 0 fully saturated rings. The molecule has 0 spiro atoms. The fourth-order valence-electron chi connectivity index (χ4n) is 3.72. The average molecular weight is 438 g/mol. The van der Waals surface area contributed by atoms with Gasteiger partial charge in [0.15, 0.2) is 5.82 Å². The summed E-state index contributed by atoms with van der Waals surface area (Å²) in [6.45, 7) is 1.93. The molecule has 0 unspecified atom stereocenters. The van der Waals surface area contributed by atoms with Crippen LogP contribution < -0.4 is 5.32 Å². The second-order valence-electron chi connectivity index (χ2n) is 7.58. The van der Waals surface area contributed by atoms with Gasteiger partial charge in [0.1, 0.15) is 0 Å². The minimum atomic E-state index is -0.310. The maximum absolute atomic E-state index is 12.7. The van der Waals surface area contributed by atoms with E-state index in [9.17, 15) is 14.4 Å². The van der Waals surface area contributed by atoms with Gasteiger partial charge < -0.3 is 5.32 Å². The largest absolute Gasteiger partial charge is 0.322 e. The first kappa shape index (κ1) is 20.3. The average Bonchev–Trinajstić information content (AvgIpc) is 3.37. The van der Waals surface area contributed by atoms with Crippen LogP contribution in [0.3, 0.4) is 0 Å². The number of nitrogens with one attached hydrogen (secondary N) is 1. The Morgan fingerprint density at radius 2 is 1.61 bits per heavy atom. The quantitative estimate of drug-likeness (QED) is 0.480. The van der Waals surface area contributed by atoms with E-state index in [1.807, 2.05) is 6.07 Å². The number of carbonyl (C=O) groups excluding carboxylic acids is 3. The van der Waals surface area contributed by atoms with Crippen molar-refractivity contribution in [1.82, 2.24) is 25.1 Å². The van der Waals surface area contributed by atoms with Gasteiger partial charge in [-0.05, 0) is 65.4 Å². The summed E-state index contributed by atoms with van der Waals surface area (Å²) in [5, 5.41) is 14.3. The number of fused-ring (bicyclic) bond motifs is 1. The molecule has 9 heteroatoms. The molecule has 0 bridgehead atoms. The SMILES string of the molecule is Cc1nnnn1-c1cccc(NC(=O)c2ccc(CN3C(=O)c4ccccc4C3=O)cc2)c1. The zero-order valence-electron chi connectivity index (χ0n) is 17.6. The summed E-state index contributed by atoms with van der Waals surface area (Å²) < 4.78 is 1.57. The van der Waals surface area contributed by atoms with Crippen molar-refractivity contribution >= 4 is 23.4 Å². The molecule has 1 aromatic heterocycles. The highest BCUT2D eigenvalue weighted by Gasteiger charge is 2.34. The lowest BCUT2D eigenvalue weighted by molar-refractivity contribution is 0.0642. The van der Waals surface area contributed by atoms with Crippen molar-refractivity contribution in [2.45, 2.75) is 13.5 Å². The van der Waals surface area contributed by atoms with Gasteiger partial charge in [0.2, 0.25) is 0 Å². The molecule has 3 aromatic carbocycles. The third kappa shape index (κ3) is 3.76. The summed E-state index contributed by atoms with van der Waals surface area (Å²) in [4.78, 5) is 39.0. The summed E-state index contributed by atoms with van der Waals surface area (Å²) in [5.74, 6) is -0.273. The Bertz CT molecular complexity index is 1360. The predicted octanol–water partition coefficient (Wildman–Crippen LogP) is 3.02. The Labute approximate surface area is 188 Å². The third-order valence-electron chi connectivity index (χ3n) is 5.41. The second kappa shape index (κ2) is 8.12. The van der Waals surface area contributed by atoms with Gasteiger partial charge >= 0.3 is 0 Å². The van der Waals surface area contributed by atoms with E-state index in [1.54, 1.807) is 78.3 Å². The summed E-state index contributed by atoms with van der Waals surface area (Å²) in [5.41, 5.74) is 3.35. The molecule has 0 saturated heterocycles. The van der Waals surface area contributed by atoms with Gasteiger partial charge in [-0.15, -0.1) is 5.10 Å². The Hall–Kier alpha value is -4.66. The first-order valence-corrected chi connectivity index (χ1v) is 10.2. The van der Waals surface area contributed by atoms with Crippen LogP contribution >= 0.6 is 0 Å². The van der Waals surface area contributed by atoms with Crippen molar-refractivity contribution < 1.29 is 14.4 Å². The van der Waals surface area contributed by atoms with E-state index in [4.69, 9.17) is 0 Å². The van der Waals surface area contributed by atoms with Crippen molar-refractivity contribution in [3.63, 3.8) is 0 Å². The third-order valence-corrected chi connectivity index (χ3v) is 5.41. The molecule has 0 radical (unpaired) electrons. The van der Waals surface area contributed by atoms with Crippen molar-refractivity contribution in [2.75, 3.05) is 5.32 Å². The highest BCUT2D eigenvalue weighted by Crippen LogP contribution is 2.24. The number of imide groups is 1.